The van der Waals surface area contributed by atoms with Crippen LogP contribution in [-0.2, 0) is 11.2 Å². The second-order valence-corrected chi connectivity index (χ2v) is 5.74. The van der Waals surface area contributed by atoms with Crippen LogP contribution in [0.2, 0.25) is 0 Å². The third kappa shape index (κ3) is 3.54. The molecule has 0 saturated carbocycles. The molecular weight excluding hydrogens is 352 g/mol. The van der Waals surface area contributed by atoms with Crippen LogP contribution in [0.25, 0.3) is 5.69 Å². The highest BCUT2D eigenvalue weighted by Gasteiger charge is 2.23. The Morgan fingerprint density at radius 2 is 1.67 bits per heavy atom. The standard InChI is InChI=1S/C19H14N2O6/c22-17-10-16(19(25)12-6-8-14(9-7-12)21(26)27)20(15(17)11-18(23)24)13-4-2-1-3-5-13/h1-10,22H,11H2,(H,23,24). The van der Waals surface area contributed by atoms with E-state index in [1.165, 1.54) is 34.9 Å². The molecule has 0 aliphatic heterocycles. The number of ketones is 1. The summed E-state index contributed by atoms with van der Waals surface area (Å²) < 4.78 is 1.38. The van der Waals surface area contributed by atoms with Gasteiger partial charge in [0.25, 0.3) is 5.69 Å². The fraction of sp³-hybridized carbons (Fsp3) is 0.0526. The highest BCUT2D eigenvalue weighted by molar-refractivity contribution is 6.09. The zero-order chi connectivity index (χ0) is 19.6. The normalized spacial score (nSPS) is 10.5. The number of nitrogens with zero attached hydrogens (tertiary/aromatic N) is 2. The molecule has 0 amide bonds. The van der Waals surface area contributed by atoms with Gasteiger partial charge in [-0.25, -0.2) is 0 Å². The summed E-state index contributed by atoms with van der Waals surface area (Å²) in [6, 6.07) is 14.8. The van der Waals surface area contributed by atoms with E-state index < -0.39 is 23.1 Å². The van der Waals surface area contributed by atoms with Gasteiger partial charge in [0.15, 0.2) is 0 Å². The fourth-order valence-electron chi connectivity index (χ4n) is 2.77. The first-order valence-electron chi connectivity index (χ1n) is 7.88. The van der Waals surface area contributed by atoms with E-state index in [9.17, 15) is 24.8 Å². The largest absolute Gasteiger partial charge is 0.506 e. The molecule has 8 heteroatoms. The van der Waals surface area contributed by atoms with Crippen LogP contribution in [0.1, 0.15) is 21.7 Å². The first kappa shape index (κ1) is 17.9. The third-order valence-corrected chi connectivity index (χ3v) is 3.99. The maximum Gasteiger partial charge on any atom is 0.309 e. The molecule has 27 heavy (non-hydrogen) atoms. The first-order chi connectivity index (χ1) is 12.9. The molecule has 8 nitrogen and oxygen atoms in total. The van der Waals surface area contributed by atoms with Crippen molar-refractivity contribution in [2.45, 2.75) is 6.42 Å². The van der Waals surface area contributed by atoms with Crippen LogP contribution in [0.4, 0.5) is 5.69 Å². The molecule has 0 bridgehead atoms. The Morgan fingerprint density at radius 3 is 2.22 bits per heavy atom. The van der Waals surface area contributed by atoms with Crippen molar-refractivity contribution in [2.24, 2.45) is 0 Å². The van der Waals surface area contributed by atoms with Gasteiger partial charge >= 0.3 is 5.97 Å². The zero-order valence-corrected chi connectivity index (χ0v) is 13.9. The molecule has 136 valence electrons. The van der Waals surface area contributed by atoms with E-state index in [1.54, 1.807) is 30.3 Å². The van der Waals surface area contributed by atoms with Gasteiger partial charge in [-0.15, -0.1) is 0 Å². The van der Waals surface area contributed by atoms with Gasteiger partial charge in [-0.05, 0) is 24.3 Å². The van der Waals surface area contributed by atoms with Gasteiger partial charge in [-0.3, -0.25) is 19.7 Å². The molecule has 0 saturated heterocycles. The lowest BCUT2D eigenvalue weighted by Gasteiger charge is -2.12. The predicted octanol–water partition coefficient (Wildman–Crippen LogP) is 2.95. The number of non-ortho nitro benzene ring substituents is 1. The van der Waals surface area contributed by atoms with E-state index in [-0.39, 0.29) is 28.4 Å². The molecule has 0 unspecified atom stereocenters. The van der Waals surface area contributed by atoms with E-state index in [0.717, 1.165) is 0 Å². The van der Waals surface area contributed by atoms with E-state index >= 15 is 0 Å². The van der Waals surface area contributed by atoms with Gasteiger partial charge in [-0.1, -0.05) is 18.2 Å². The fourth-order valence-corrected chi connectivity index (χ4v) is 2.77. The van der Waals surface area contributed by atoms with E-state index in [1.807, 2.05) is 0 Å². The summed E-state index contributed by atoms with van der Waals surface area (Å²) in [6.45, 7) is 0. The number of carboxylic acid groups (broad SMARTS) is 1. The number of para-hydroxylation sites is 1. The molecule has 2 N–H and O–H groups in total. The number of aromatic nitrogens is 1. The number of aromatic hydroxyl groups is 1. The molecule has 2 aromatic carbocycles. The van der Waals surface area contributed by atoms with Crippen molar-refractivity contribution in [3.63, 3.8) is 0 Å². The average Bonchev–Trinajstić information content (AvgIpc) is 2.97. The van der Waals surface area contributed by atoms with Gasteiger partial charge in [-0.2, -0.15) is 0 Å². The van der Waals surface area contributed by atoms with Crippen molar-refractivity contribution in [3.05, 3.63) is 87.7 Å². The minimum atomic E-state index is -1.16. The smallest absolute Gasteiger partial charge is 0.309 e. The van der Waals surface area contributed by atoms with Crippen LogP contribution in [-0.4, -0.2) is 31.5 Å². The number of nitro groups is 1. The van der Waals surface area contributed by atoms with E-state index in [2.05, 4.69) is 0 Å². The van der Waals surface area contributed by atoms with E-state index in [4.69, 9.17) is 5.11 Å². The van der Waals surface area contributed by atoms with Crippen LogP contribution >= 0.6 is 0 Å². The Bertz CT molecular complexity index is 1020. The topological polar surface area (TPSA) is 123 Å². The van der Waals surface area contributed by atoms with Crippen molar-refractivity contribution >= 4 is 17.4 Å². The molecule has 0 spiro atoms. The lowest BCUT2D eigenvalue weighted by molar-refractivity contribution is -0.384. The molecule has 0 atom stereocenters. The Hall–Kier alpha value is -3.94. The van der Waals surface area contributed by atoms with Crippen LogP contribution < -0.4 is 0 Å². The minimum absolute atomic E-state index is 0.0591. The monoisotopic (exact) mass is 366 g/mol. The van der Waals surface area contributed by atoms with Crippen molar-refractivity contribution in [3.8, 4) is 11.4 Å². The average molecular weight is 366 g/mol. The van der Waals surface area contributed by atoms with Crippen LogP contribution in [0.5, 0.6) is 5.75 Å². The number of aliphatic carboxylic acids is 1. The number of rotatable bonds is 6. The quantitative estimate of drug-likeness (QED) is 0.393. The number of hydrogen-bond acceptors (Lipinski definition) is 5. The summed E-state index contributed by atoms with van der Waals surface area (Å²) in [5.74, 6) is -1.97. The number of carbonyl (C=O) groups is 2. The van der Waals surface area contributed by atoms with Crippen molar-refractivity contribution in [2.75, 3.05) is 0 Å². The van der Waals surface area contributed by atoms with E-state index in [0.29, 0.717) is 5.69 Å². The van der Waals surface area contributed by atoms with Gasteiger partial charge < -0.3 is 14.8 Å². The molecule has 1 aromatic heterocycles. The van der Waals surface area contributed by atoms with Gasteiger partial charge in [0.1, 0.15) is 5.75 Å². The first-order valence-corrected chi connectivity index (χ1v) is 7.88. The van der Waals surface area contributed by atoms with Gasteiger partial charge in [0.05, 0.1) is 22.7 Å². The lowest BCUT2D eigenvalue weighted by Crippen LogP contribution is -2.13. The lowest BCUT2D eigenvalue weighted by atomic mass is 10.1. The summed E-state index contributed by atoms with van der Waals surface area (Å²) >= 11 is 0. The molecule has 0 aliphatic carbocycles. The Labute approximate surface area is 153 Å². The Morgan fingerprint density at radius 1 is 1.04 bits per heavy atom. The second kappa shape index (κ2) is 7.12. The number of nitro benzene ring substituents is 1. The van der Waals surface area contributed by atoms with Crippen molar-refractivity contribution in [1.82, 2.24) is 4.57 Å². The third-order valence-electron chi connectivity index (χ3n) is 3.99. The number of benzene rings is 2. The number of hydrogen-bond donors (Lipinski definition) is 2. The number of carboxylic acids is 1. The molecule has 3 rings (SSSR count). The Kier molecular flexibility index (Phi) is 4.71. The Balaban J connectivity index is 2.13. The van der Waals surface area contributed by atoms with Crippen molar-refractivity contribution < 1.29 is 24.7 Å². The predicted molar refractivity (Wildman–Crippen MR) is 95.3 cm³/mol. The SMILES string of the molecule is O=C(O)Cc1c(O)cc(C(=O)c2ccc([N+](=O)[O-])cc2)n1-c1ccccc1. The summed E-state index contributed by atoms with van der Waals surface area (Å²) in [7, 11) is 0. The van der Waals surface area contributed by atoms with Gasteiger partial charge in [0.2, 0.25) is 5.78 Å². The maximum atomic E-state index is 12.9. The molecular formula is C19H14N2O6. The summed E-state index contributed by atoms with van der Waals surface area (Å²) in [5.41, 5.74) is 0.665. The maximum absolute atomic E-state index is 12.9. The molecule has 1 heterocycles. The van der Waals surface area contributed by atoms with Crippen molar-refractivity contribution in [1.29, 1.82) is 0 Å². The second-order valence-electron chi connectivity index (χ2n) is 5.74. The van der Waals surface area contributed by atoms with Crippen LogP contribution in [0.15, 0.2) is 60.7 Å². The molecule has 0 fully saturated rings. The highest BCUT2D eigenvalue weighted by atomic mass is 16.6. The highest BCUT2D eigenvalue weighted by Crippen LogP contribution is 2.29. The summed E-state index contributed by atoms with van der Waals surface area (Å²) in [4.78, 5) is 34.3. The molecule has 0 aliphatic rings. The zero-order valence-electron chi connectivity index (χ0n) is 13.9. The molecule has 0 radical (unpaired) electrons. The van der Waals surface area contributed by atoms with Crippen LogP contribution in [0.3, 0.4) is 0 Å². The van der Waals surface area contributed by atoms with Crippen LogP contribution in [0, 0.1) is 10.1 Å². The van der Waals surface area contributed by atoms with Gasteiger partial charge in [0, 0.05) is 29.4 Å². The summed E-state index contributed by atoms with van der Waals surface area (Å²) in [6.07, 6.45) is -0.478. The minimum Gasteiger partial charge on any atom is -0.506 e. The molecule has 3 aromatic rings. The summed E-state index contributed by atoms with van der Waals surface area (Å²) in [5, 5.41) is 30.1. The number of carbonyl (C=O) groups excluding carboxylic acids is 1.